The number of fused-ring (bicyclic) bond motifs is 1. The van der Waals surface area contributed by atoms with Crippen LogP contribution in [-0.2, 0) is 9.53 Å². The number of aromatic nitrogens is 1. The molecule has 140 valence electrons. The average molecular weight is 375 g/mol. The molecule has 1 aliphatic heterocycles. The number of rotatable bonds is 8. The predicted molar refractivity (Wildman–Crippen MR) is 102 cm³/mol. The minimum Gasteiger partial charge on any atom is -0.381 e. The number of unbranched alkanes of at least 4 members (excludes halogenated alkanes) is 1. The van der Waals surface area contributed by atoms with Gasteiger partial charge in [0.15, 0.2) is 5.01 Å². The second-order valence-corrected chi connectivity index (χ2v) is 7.64. The van der Waals surface area contributed by atoms with E-state index in [0.717, 1.165) is 35.9 Å². The number of ketones is 1. The number of benzene rings is 1. The lowest BCUT2D eigenvalue weighted by Gasteiger charge is -2.24. The maximum atomic E-state index is 13.0. The number of hydrogen-bond donors (Lipinski definition) is 2. The van der Waals surface area contributed by atoms with Gasteiger partial charge in [0.1, 0.15) is 0 Å². The maximum Gasteiger partial charge on any atom is 0.226 e. The van der Waals surface area contributed by atoms with Gasteiger partial charge < -0.3 is 15.8 Å². The number of ether oxygens (including phenoxy) is 1. The van der Waals surface area contributed by atoms with Crippen LogP contribution in [0, 0.1) is 5.92 Å². The van der Waals surface area contributed by atoms with E-state index in [9.17, 15) is 9.59 Å². The van der Waals surface area contributed by atoms with Crippen molar-refractivity contribution in [3.8, 4) is 0 Å². The summed E-state index contributed by atoms with van der Waals surface area (Å²) in [6, 6.07) is 7.12. The number of Topliss-reactive ketones (excluding diaryl/α,β-unsaturated/α-hetero) is 1. The van der Waals surface area contributed by atoms with E-state index in [0.29, 0.717) is 31.2 Å². The molecule has 0 aliphatic carbocycles. The summed E-state index contributed by atoms with van der Waals surface area (Å²) in [6.45, 7) is 1.71. The molecule has 1 aliphatic rings. The molecule has 3 rings (SSSR count). The molecule has 3 N–H and O–H groups in total. The largest absolute Gasteiger partial charge is 0.381 e. The Morgan fingerprint density at radius 3 is 2.92 bits per heavy atom. The first-order valence-electron chi connectivity index (χ1n) is 9.17. The second-order valence-electron chi connectivity index (χ2n) is 6.61. The molecular weight excluding hydrogens is 350 g/mol. The number of hydrogen-bond acceptors (Lipinski definition) is 6. The Morgan fingerprint density at radius 1 is 1.35 bits per heavy atom. The van der Waals surface area contributed by atoms with Gasteiger partial charge >= 0.3 is 0 Å². The van der Waals surface area contributed by atoms with Gasteiger partial charge in [-0.3, -0.25) is 9.59 Å². The van der Waals surface area contributed by atoms with E-state index in [1.165, 1.54) is 11.3 Å². The number of thiazole rings is 1. The van der Waals surface area contributed by atoms with Crippen molar-refractivity contribution in [1.29, 1.82) is 0 Å². The molecule has 0 radical (unpaired) electrons. The number of carbonyl (C=O) groups excluding carboxylic acids is 2. The molecule has 1 fully saturated rings. The normalized spacial score (nSPS) is 18.6. The highest BCUT2D eigenvalue weighted by molar-refractivity contribution is 7.20. The van der Waals surface area contributed by atoms with Crippen LogP contribution in [0.15, 0.2) is 24.3 Å². The van der Waals surface area contributed by atoms with Gasteiger partial charge in [0.05, 0.1) is 28.8 Å². The maximum absolute atomic E-state index is 13.0. The number of nitrogens with one attached hydrogen (secondary N) is 1. The minimum atomic E-state index is -0.559. The molecule has 1 saturated heterocycles. The van der Waals surface area contributed by atoms with Crippen LogP contribution >= 0.6 is 11.3 Å². The number of nitrogens with two attached hydrogens (primary N) is 1. The molecule has 0 saturated carbocycles. The molecule has 2 unspecified atom stereocenters. The van der Waals surface area contributed by atoms with Gasteiger partial charge in [0, 0.05) is 6.61 Å². The summed E-state index contributed by atoms with van der Waals surface area (Å²) in [7, 11) is 0. The fourth-order valence-electron chi connectivity index (χ4n) is 3.13. The zero-order chi connectivity index (χ0) is 18.4. The fourth-order valence-corrected chi connectivity index (χ4v) is 4.09. The van der Waals surface area contributed by atoms with E-state index in [1.807, 2.05) is 24.3 Å². The predicted octanol–water partition coefficient (Wildman–Crippen LogP) is 2.52. The first-order valence-corrected chi connectivity index (χ1v) is 9.98. The van der Waals surface area contributed by atoms with Gasteiger partial charge in [-0.05, 0) is 50.8 Å². The first-order chi connectivity index (χ1) is 12.7. The van der Waals surface area contributed by atoms with Crippen LogP contribution in [0.2, 0.25) is 0 Å². The fraction of sp³-hybridized carbons (Fsp3) is 0.526. The summed E-state index contributed by atoms with van der Waals surface area (Å²) in [4.78, 5) is 30.0. The highest BCUT2D eigenvalue weighted by atomic mass is 32.1. The molecule has 6 nitrogen and oxygen atoms in total. The third-order valence-electron chi connectivity index (χ3n) is 4.62. The average Bonchev–Trinajstić information content (AvgIpc) is 3.11. The Balaban J connectivity index is 1.73. The van der Waals surface area contributed by atoms with E-state index in [1.54, 1.807) is 0 Å². The second kappa shape index (κ2) is 9.21. The topological polar surface area (TPSA) is 94.3 Å². The Bertz CT molecular complexity index is 722. The minimum absolute atomic E-state index is 0.100. The van der Waals surface area contributed by atoms with Crippen molar-refractivity contribution in [3.63, 3.8) is 0 Å². The molecular formula is C19H25N3O3S. The van der Waals surface area contributed by atoms with Gasteiger partial charge in [0.25, 0.3) is 0 Å². The van der Waals surface area contributed by atoms with Crippen LogP contribution in [-0.4, -0.2) is 42.5 Å². The Morgan fingerprint density at radius 2 is 2.19 bits per heavy atom. The lowest BCUT2D eigenvalue weighted by atomic mass is 9.99. The van der Waals surface area contributed by atoms with Crippen molar-refractivity contribution in [1.82, 2.24) is 10.3 Å². The molecule has 2 aromatic rings. The summed E-state index contributed by atoms with van der Waals surface area (Å²) in [5.74, 6) is -0.394. The smallest absolute Gasteiger partial charge is 0.226 e. The monoisotopic (exact) mass is 375 g/mol. The standard InChI is InChI=1S/C19H25N3O3S/c20-10-4-3-8-15(21-18(24)13-6-5-11-25-12-13)17(23)19-22-14-7-1-2-9-16(14)26-19/h1-2,7,9,13,15H,3-6,8,10-12,20H2,(H,21,24). The van der Waals surface area contributed by atoms with Crippen LogP contribution in [0.1, 0.15) is 41.9 Å². The van der Waals surface area contributed by atoms with Gasteiger partial charge in [0.2, 0.25) is 11.7 Å². The summed E-state index contributed by atoms with van der Waals surface area (Å²) >= 11 is 1.37. The molecule has 2 heterocycles. The van der Waals surface area contributed by atoms with Gasteiger partial charge in [-0.2, -0.15) is 0 Å². The summed E-state index contributed by atoms with van der Waals surface area (Å²) in [6.07, 6.45) is 3.87. The number of para-hydroxylation sites is 1. The lowest BCUT2D eigenvalue weighted by Crippen LogP contribution is -2.45. The quantitative estimate of drug-likeness (QED) is 0.546. The summed E-state index contributed by atoms with van der Waals surface area (Å²) < 4.78 is 6.37. The Kier molecular flexibility index (Phi) is 6.71. The van der Waals surface area contributed by atoms with Crippen molar-refractivity contribution >= 4 is 33.2 Å². The molecule has 1 aromatic heterocycles. The van der Waals surface area contributed by atoms with Crippen molar-refractivity contribution in [2.45, 2.75) is 38.1 Å². The third kappa shape index (κ3) is 4.66. The third-order valence-corrected chi connectivity index (χ3v) is 5.67. The number of amides is 1. The van der Waals surface area contributed by atoms with E-state index < -0.39 is 6.04 Å². The molecule has 0 bridgehead atoms. The van der Waals surface area contributed by atoms with E-state index >= 15 is 0 Å². The van der Waals surface area contributed by atoms with Crippen LogP contribution < -0.4 is 11.1 Å². The van der Waals surface area contributed by atoms with Crippen molar-refractivity contribution in [3.05, 3.63) is 29.3 Å². The first kappa shape index (κ1) is 18.9. The summed E-state index contributed by atoms with van der Waals surface area (Å²) in [5, 5.41) is 3.39. The Labute approximate surface area is 157 Å². The number of carbonyl (C=O) groups is 2. The molecule has 0 spiro atoms. The van der Waals surface area contributed by atoms with Gasteiger partial charge in [-0.15, -0.1) is 11.3 Å². The van der Waals surface area contributed by atoms with E-state index in [2.05, 4.69) is 10.3 Å². The highest BCUT2D eigenvalue weighted by Crippen LogP contribution is 2.24. The highest BCUT2D eigenvalue weighted by Gasteiger charge is 2.28. The van der Waals surface area contributed by atoms with E-state index in [-0.39, 0.29) is 17.6 Å². The van der Waals surface area contributed by atoms with Crippen LogP contribution in [0.4, 0.5) is 0 Å². The van der Waals surface area contributed by atoms with Crippen molar-refractivity contribution in [2.75, 3.05) is 19.8 Å². The lowest BCUT2D eigenvalue weighted by molar-refractivity contribution is -0.129. The van der Waals surface area contributed by atoms with Crippen LogP contribution in [0.5, 0.6) is 0 Å². The van der Waals surface area contributed by atoms with Crippen LogP contribution in [0.3, 0.4) is 0 Å². The molecule has 26 heavy (non-hydrogen) atoms. The van der Waals surface area contributed by atoms with E-state index in [4.69, 9.17) is 10.5 Å². The van der Waals surface area contributed by atoms with Gasteiger partial charge in [-0.25, -0.2) is 4.98 Å². The van der Waals surface area contributed by atoms with Crippen molar-refractivity contribution < 1.29 is 14.3 Å². The SMILES string of the molecule is NCCCCC(NC(=O)C1CCCOC1)C(=O)c1nc2ccccc2s1. The van der Waals surface area contributed by atoms with Gasteiger partial charge in [-0.1, -0.05) is 12.1 Å². The summed E-state index contributed by atoms with van der Waals surface area (Å²) in [5.41, 5.74) is 6.39. The number of nitrogens with zero attached hydrogens (tertiary/aromatic N) is 1. The van der Waals surface area contributed by atoms with Crippen LogP contribution in [0.25, 0.3) is 10.2 Å². The zero-order valence-corrected chi connectivity index (χ0v) is 15.6. The van der Waals surface area contributed by atoms with Crippen molar-refractivity contribution in [2.24, 2.45) is 11.7 Å². The molecule has 2 atom stereocenters. The molecule has 1 aromatic carbocycles. The molecule has 1 amide bonds. The molecule has 7 heteroatoms. The zero-order valence-electron chi connectivity index (χ0n) is 14.8. The Hall–Kier alpha value is -1.83.